The molecule has 2 nitrogen and oxygen atoms in total. The van der Waals surface area contributed by atoms with Crippen molar-refractivity contribution in [2.24, 2.45) is 11.7 Å². The van der Waals surface area contributed by atoms with Gasteiger partial charge < -0.3 is 5.73 Å². The molecule has 0 heterocycles. The van der Waals surface area contributed by atoms with Crippen LogP contribution in [0.2, 0.25) is 0 Å². The summed E-state index contributed by atoms with van der Waals surface area (Å²) in [6.07, 6.45) is 3.87. The number of nitrogens with two attached hydrogens (primary N) is 1. The lowest BCUT2D eigenvalue weighted by atomic mass is 9.87. The second kappa shape index (κ2) is 4.67. The summed E-state index contributed by atoms with van der Waals surface area (Å²) < 4.78 is 0. The summed E-state index contributed by atoms with van der Waals surface area (Å²) in [4.78, 5) is 0. The predicted molar refractivity (Wildman–Crippen MR) is 64.9 cm³/mol. The molecule has 1 aliphatic rings. The van der Waals surface area contributed by atoms with Gasteiger partial charge in [-0.1, -0.05) is 25.0 Å². The van der Waals surface area contributed by atoms with E-state index in [4.69, 9.17) is 11.0 Å². The van der Waals surface area contributed by atoms with Gasteiger partial charge >= 0.3 is 0 Å². The van der Waals surface area contributed by atoms with Crippen LogP contribution in [-0.2, 0) is 0 Å². The average molecular weight is 214 g/mol. The number of benzene rings is 1. The molecule has 0 amide bonds. The first-order chi connectivity index (χ1) is 7.70. The molecular weight excluding hydrogens is 196 g/mol. The summed E-state index contributed by atoms with van der Waals surface area (Å²) in [5.41, 5.74) is 8.01. The highest BCUT2D eigenvalue weighted by molar-refractivity contribution is 5.35. The van der Waals surface area contributed by atoms with Crippen molar-refractivity contribution < 1.29 is 0 Å². The molecule has 0 radical (unpaired) electrons. The summed E-state index contributed by atoms with van der Waals surface area (Å²) in [5, 5.41) is 8.90. The minimum atomic E-state index is 0.162. The van der Waals surface area contributed by atoms with Crippen LogP contribution >= 0.6 is 0 Å². The Morgan fingerprint density at radius 1 is 1.50 bits per heavy atom. The Morgan fingerprint density at radius 3 is 2.81 bits per heavy atom. The zero-order valence-corrected chi connectivity index (χ0v) is 9.69. The van der Waals surface area contributed by atoms with Crippen molar-refractivity contribution in [2.45, 2.75) is 38.1 Å². The highest BCUT2D eigenvalue weighted by atomic mass is 14.6. The standard InChI is InChI=1S/C14H18N2/c1-10(16)14(8-11-5-6-11)13-4-2-3-12(7-13)9-15/h2-4,7,10-11,14H,5-6,8,16H2,1H3. The third kappa shape index (κ3) is 2.62. The molecule has 2 atom stereocenters. The van der Waals surface area contributed by atoms with Gasteiger partial charge in [0.05, 0.1) is 11.6 Å². The summed E-state index contributed by atoms with van der Waals surface area (Å²) in [6, 6.07) is 10.2. The fourth-order valence-electron chi connectivity index (χ4n) is 2.21. The lowest BCUT2D eigenvalue weighted by molar-refractivity contribution is 0.500. The lowest BCUT2D eigenvalue weighted by Gasteiger charge is -2.21. The second-order valence-electron chi connectivity index (χ2n) is 4.88. The van der Waals surface area contributed by atoms with Gasteiger partial charge in [0.25, 0.3) is 0 Å². The number of nitrogens with zero attached hydrogens (tertiary/aromatic N) is 1. The molecule has 84 valence electrons. The van der Waals surface area contributed by atoms with Crippen LogP contribution in [0.15, 0.2) is 24.3 Å². The molecule has 0 bridgehead atoms. The van der Waals surface area contributed by atoms with Crippen molar-refractivity contribution >= 4 is 0 Å². The molecule has 1 aromatic rings. The minimum Gasteiger partial charge on any atom is -0.327 e. The van der Waals surface area contributed by atoms with Crippen molar-refractivity contribution in [3.05, 3.63) is 35.4 Å². The number of hydrogen-bond donors (Lipinski definition) is 1. The van der Waals surface area contributed by atoms with Gasteiger partial charge in [-0.2, -0.15) is 5.26 Å². The average Bonchev–Trinajstić information content (AvgIpc) is 3.09. The van der Waals surface area contributed by atoms with E-state index < -0.39 is 0 Å². The highest BCUT2D eigenvalue weighted by Crippen LogP contribution is 2.39. The molecule has 2 heteroatoms. The third-order valence-corrected chi connectivity index (χ3v) is 3.36. The maximum atomic E-state index is 8.90. The van der Waals surface area contributed by atoms with Gasteiger partial charge in [-0.3, -0.25) is 0 Å². The molecule has 0 saturated heterocycles. The molecule has 0 spiro atoms. The summed E-state index contributed by atoms with van der Waals surface area (Å²) in [6.45, 7) is 2.06. The van der Waals surface area contributed by atoms with Crippen LogP contribution in [0.1, 0.15) is 43.2 Å². The van der Waals surface area contributed by atoms with Crippen molar-refractivity contribution in [1.82, 2.24) is 0 Å². The monoisotopic (exact) mass is 214 g/mol. The quantitative estimate of drug-likeness (QED) is 0.837. The lowest BCUT2D eigenvalue weighted by Crippen LogP contribution is -2.25. The first kappa shape index (κ1) is 11.2. The summed E-state index contributed by atoms with van der Waals surface area (Å²) in [5.74, 6) is 1.27. The minimum absolute atomic E-state index is 0.162. The first-order valence-corrected chi connectivity index (χ1v) is 5.96. The maximum Gasteiger partial charge on any atom is 0.0991 e. The van der Waals surface area contributed by atoms with Gasteiger partial charge in [-0.25, -0.2) is 0 Å². The second-order valence-corrected chi connectivity index (χ2v) is 4.88. The SMILES string of the molecule is CC(N)C(CC1CC1)c1cccc(C#N)c1. The Balaban J connectivity index is 2.19. The third-order valence-electron chi connectivity index (χ3n) is 3.36. The summed E-state index contributed by atoms with van der Waals surface area (Å²) in [7, 11) is 0. The van der Waals surface area contributed by atoms with Gasteiger partial charge in [0.2, 0.25) is 0 Å². The van der Waals surface area contributed by atoms with E-state index >= 15 is 0 Å². The van der Waals surface area contributed by atoms with Crippen LogP contribution in [-0.4, -0.2) is 6.04 Å². The van der Waals surface area contributed by atoms with Crippen LogP contribution in [0, 0.1) is 17.2 Å². The van der Waals surface area contributed by atoms with Crippen LogP contribution in [0.5, 0.6) is 0 Å². The van der Waals surface area contributed by atoms with E-state index in [1.165, 1.54) is 24.8 Å². The van der Waals surface area contributed by atoms with Crippen LogP contribution in [0.25, 0.3) is 0 Å². The fraction of sp³-hybridized carbons (Fsp3) is 0.500. The molecule has 1 aliphatic carbocycles. The molecule has 0 aromatic heterocycles. The number of nitriles is 1. The molecule has 1 saturated carbocycles. The van der Waals surface area contributed by atoms with Crippen LogP contribution < -0.4 is 5.73 Å². The van der Waals surface area contributed by atoms with Gasteiger partial charge in [0.15, 0.2) is 0 Å². The fourth-order valence-corrected chi connectivity index (χ4v) is 2.21. The van der Waals surface area contributed by atoms with Crippen LogP contribution in [0.4, 0.5) is 0 Å². The number of rotatable bonds is 4. The molecule has 16 heavy (non-hydrogen) atoms. The van der Waals surface area contributed by atoms with Crippen molar-refractivity contribution in [3.8, 4) is 6.07 Å². The predicted octanol–water partition coefficient (Wildman–Crippen LogP) is 2.79. The van der Waals surface area contributed by atoms with Gasteiger partial charge in [0, 0.05) is 6.04 Å². The van der Waals surface area contributed by atoms with Gasteiger partial charge in [0.1, 0.15) is 0 Å². The molecule has 1 aromatic carbocycles. The Hall–Kier alpha value is -1.33. The zero-order valence-electron chi connectivity index (χ0n) is 9.69. The van der Waals surface area contributed by atoms with E-state index in [-0.39, 0.29) is 6.04 Å². The normalized spacial score (nSPS) is 18.8. The topological polar surface area (TPSA) is 49.8 Å². The van der Waals surface area contributed by atoms with E-state index in [9.17, 15) is 0 Å². The summed E-state index contributed by atoms with van der Waals surface area (Å²) >= 11 is 0. The Labute approximate surface area is 97.1 Å². The van der Waals surface area contributed by atoms with Crippen LogP contribution in [0.3, 0.4) is 0 Å². The van der Waals surface area contributed by atoms with Gasteiger partial charge in [-0.15, -0.1) is 0 Å². The van der Waals surface area contributed by atoms with E-state index in [0.717, 1.165) is 11.5 Å². The Kier molecular flexibility index (Phi) is 3.26. The Morgan fingerprint density at radius 2 is 2.25 bits per heavy atom. The first-order valence-electron chi connectivity index (χ1n) is 5.96. The van der Waals surface area contributed by atoms with Crippen molar-refractivity contribution in [2.75, 3.05) is 0 Å². The van der Waals surface area contributed by atoms with Crippen molar-refractivity contribution in [3.63, 3.8) is 0 Å². The maximum absolute atomic E-state index is 8.90. The van der Waals surface area contributed by atoms with E-state index in [1.54, 1.807) is 0 Å². The van der Waals surface area contributed by atoms with E-state index in [0.29, 0.717) is 5.92 Å². The van der Waals surface area contributed by atoms with Gasteiger partial charge in [-0.05, 0) is 42.9 Å². The molecule has 2 N–H and O–H groups in total. The number of hydrogen-bond acceptors (Lipinski definition) is 2. The highest BCUT2D eigenvalue weighted by Gasteiger charge is 2.28. The molecule has 2 unspecified atom stereocenters. The molecule has 0 aliphatic heterocycles. The van der Waals surface area contributed by atoms with E-state index in [2.05, 4.69) is 19.1 Å². The zero-order chi connectivity index (χ0) is 11.5. The molecule has 1 fully saturated rings. The molecular formula is C14H18N2. The smallest absolute Gasteiger partial charge is 0.0991 e. The largest absolute Gasteiger partial charge is 0.327 e. The van der Waals surface area contributed by atoms with E-state index in [1.807, 2.05) is 18.2 Å². The Bertz CT molecular complexity index is 399. The van der Waals surface area contributed by atoms with Crippen molar-refractivity contribution in [1.29, 1.82) is 5.26 Å². The molecule has 2 rings (SSSR count).